The first-order valence-electron chi connectivity index (χ1n) is 11.6. The summed E-state index contributed by atoms with van der Waals surface area (Å²) >= 11 is 0. The molecule has 6 nitrogen and oxygen atoms in total. The van der Waals surface area contributed by atoms with E-state index < -0.39 is 10.0 Å². The van der Waals surface area contributed by atoms with Crippen LogP contribution < -0.4 is 9.46 Å². The van der Waals surface area contributed by atoms with Crippen molar-refractivity contribution >= 4 is 20.9 Å². The lowest BCUT2D eigenvalue weighted by molar-refractivity contribution is 0.216. The van der Waals surface area contributed by atoms with Gasteiger partial charge in [-0.15, -0.1) is 0 Å². The Balaban J connectivity index is 1.23. The number of para-hydroxylation sites is 1. The molecule has 0 saturated carbocycles. The third kappa shape index (κ3) is 5.52. The maximum absolute atomic E-state index is 12.6. The third-order valence-corrected chi connectivity index (χ3v) is 7.75. The second-order valence-electron chi connectivity index (χ2n) is 8.48. The molecule has 0 bridgehead atoms. The molecule has 0 radical (unpaired) electrons. The normalized spacial score (nSPS) is 15.9. The zero-order chi connectivity index (χ0) is 22.4. The molecule has 172 valence electrons. The number of ether oxygens (including phenoxy) is 1. The van der Waals surface area contributed by atoms with E-state index in [1.54, 1.807) is 24.3 Å². The van der Waals surface area contributed by atoms with Crippen LogP contribution >= 0.6 is 0 Å². The van der Waals surface area contributed by atoms with Gasteiger partial charge in [0.2, 0.25) is 10.0 Å². The van der Waals surface area contributed by atoms with Crippen LogP contribution in [0.2, 0.25) is 0 Å². The first-order chi connectivity index (χ1) is 15.6. The maximum Gasteiger partial charge on any atom is 0.240 e. The van der Waals surface area contributed by atoms with Crippen LogP contribution in [0, 0.1) is 0 Å². The summed E-state index contributed by atoms with van der Waals surface area (Å²) in [6.07, 6.45) is 6.39. The number of unbranched alkanes of at least 4 members (excludes halogenated alkanes) is 1. The van der Waals surface area contributed by atoms with E-state index in [9.17, 15) is 8.42 Å². The first kappa shape index (κ1) is 22.8. The summed E-state index contributed by atoms with van der Waals surface area (Å²) in [6.45, 7) is 5.85. The Morgan fingerprint density at radius 2 is 1.84 bits per heavy atom. The smallest absolute Gasteiger partial charge is 0.240 e. The Morgan fingerprint density at radius 3 is 2.59 bits per heavy atom. The van der Waals surface area contributed by atoms with Gasteiger partial charge in [-0.2, -0.15) is 0 Å². The van der Waals surface area contributed by atoms with Gasteiger partial charge < -0.3 is 14.6 Å². The maximum atomic E-state index is 12.6. The summed E-state index contributed by atoms with van der Waals surface area (Å²) in [7, 11) is -3.51. The summed E-state index contributed by atoms with van der Waals surface area (Å²) in [6, 6.07) is 15.1. The molecule has 7 heteroatoms. The van der Waals surface area contributed by atoms with Gasteiger partial charge in [-0.3, -0.25) is 0 Å². The van der Waals surface area contributed by atoms with Crippen LogP contribution in [-0.4, -0.2) is 51.1 Å². The monoisotopic (exact) mass is 455 g/mol. The van der Waals surface area contributed by atoms with Crippen LogP contribution in [0.25, 0.3) is 10.9 Å². The van der Waals surface area contributed by atoms with E-state index in [0.717, 1.165) is 45.3 Å². The summed E-state index contributed by atoms with van der Waals surface area (Å²) in [5, 5.41) is 1.32. The Kier molecular flexibility index (Phi) is 7.50. The fourth-order valence-electron chi connectivity index (χ4n) is 4.37. The number of sulfonamides is 1. The topological polar surface area (TPSA) is 74.4 Å². The van der Waals surface area contributed by atoms with Crippen LogP contribution in [0.15, 0.2) is 59.6 Å². The molecule has 1 saturated heterocycles. The molecule has 3 aromatic rings. The molecular formula is C25H33N3O3S. The van der Waals surface area contributed by atoms with Gasteiger partial charge in [0.25, 0.3) is 0 Å². The predicted octanol–water partition coefficient (Wildman–Crippen LogP) is 4.50. The molecule has 0 unspecified atom stereocenters. The minimum Gasteiger partial charge on any atom is -0.494 e. The van der Waals surface area contributed by atoms with E-state index in [0.29, 0.717) is 24.8 Å². The molecule has 0 spiro atoms. The summed E-state index contributed by atoms with van der Waals surface area (Å²) in [5.74, 6) is 1.26. The first-order valence-corrected chi connectivity index (χ1v) is 13.1. The van der Waals surface area contributed by atoms with Crippen LogP contribution in [-0.2, 0) is 10.0 Å². The fraction of sp³-hybridized carbons (Fsp3) is 0.440. The number of piperidine rings is 1. The second-order valence-corrected chi connectivity index (χ2v) is 10.2. The number of fused-ring (bicyclic) bond motifs is 1. The average Bonchev–Trinajstić information content (AvgIpc) is 3.24. The van der Waals surface area contributed by atoms with E-state index in [-0.39, 0.29) is 4.90 Å². The van der Waals surface area contributed by atoms with E-state index in [2.05, 4.69) is 52.0 Å². The van der Waals surface area contributed by atoms with Gasteiger partial charge in [-0.1, -0.05) is 31.5 Å². The number of nitrogens with one attached hydrogen (secondary N) is 2. The number of hydrogen-bond acceptors (Lipinski definition) is 4. The van der Waals surface area contributed by atoms with E-state index in [1.807, 2.05) is 0 Å². The van der Waals surface area contributed by atoms with Crippen molar-refractivity contribution in [3.63, 3.8) is 0 Å². The minimum absolute atomic E-state index is 0.276. The van der Waals surface area contributed by atoms with Crippen molar-refractivity contribution in [2.24, 2.45) is 0 Å². The van der Waals surface area contributed by atoms with Gasteiger partial charge in [0, 0.05) is 30.2 Å². The van der Waals surface area contributed by atoms with Gasteiger partial charge in [0.1, 0.15) is 5.75 Å². The number of nitrogens with zero attached hydrogens (tertiary/aromatic N) is 1. The molecule has 4 rings (SSSR count). The summed E-state index contributed by atoms with van der Waals surface area (Å²) in [4.78, 5) is 6.00. The Morgan fingerprint density at radius 1 is 1.09 bits per heavy atom. The molecule has 0 amide bonds. The largest absolute Gasteiger partial charge is 0.494 e. The van der Waals surface area contributed by atoms with Crippen molar-refractivity contribution in [2.45, 2.75) is 43.4 Å². The van der Waals surface area contributed by atoms with Crippen molar-refractivity contribution in [3.05, 3.63) is 60.3 Å². The molecule has 2 heterocycles. The van der Waals surface area contributed by atoms with Crippen LogP contribution in [0.3, 0.4) is 0 Å². The lowest BCUT2D eigenvalue weighted by atomic mass is 9.89. The standard InChI is InChI=1S/C25H33N3O3S/c1-2-3-18-31-21-8-10-22(11-9-21)32(29,30)27-14-17-28-15-12-20(13-16-28)24-19-26-25-7-5-4-6-23(24)25/h4-11,19-20,26-27H,2-3,12-18H2,1H3. The quantitative estimate of drug-likeness (QED) is 0.441. The summed E-state index contributed by atoms with van der Waals surface area (Å²) in [5.41, 5.74) is 2.60. The highest BCUT2D eigenvalue weighted by atomic mass is 32.2. The van der Waals surface area contributed by atoms with Gasteiger partial charge >= 0.3 is 0 Å². The Labute approximate surface area is 191 Å². The number of aromatic amines is 1. The van der Waals surface area contributed by atoms with Gasteiger partial charge in [0.05, 0.1) is 11.5 Å². The second kappa shape index (κ2) is 10.5. The molecule has 32 heavy (non-hydrogen) atoms. The molecule has 1 aromatic heterocycles. The predicted molar refractivity (Wildman–Crippen MR) is 129 cm³/mol. The lowest BCUT2D eigenvalue weighted by Gasteiger charge is -2.31. The SMILES string of the molecule is CCCCOc1ccc(S(=O)(=O)NCCN2CCC(c3c[nH]c4ccccc34)CC2)cc1. The number of likely N-dealkylation sites (tertiary alicyclic amines) is 1. The summed E-state index contributed by atoms with van der Waals surface area (Å²) < 4.78 is 33.6. The Bertz CT molecular complexity index is 1100. The van der Waals surface area contributed by atoms with Crippen LogP contribution in [0.5, 0.6) is 5.75 Å². The van der Waals surface area contributed by atoms with Crippen molar-refractivity contribution in [2.75, 3.05) is 32.8 Å². The van der Waals surface area contributed by atoms with Gasteiger partial charge in [0.15, 0.2) is 0 Å². The molecule has 2 aromatic carbocycles. The number of H-pyrrole nitrogens is 1. The Hall–Kier alpha value is -2.35. The van der Waals surface area contributed by atoms with Crippen LogP contribution in [0.1, 0.15) is 44.1 Å². The van der Waals surface area contributed by atoms with Gasteiger partial charge in [-0.05, 0) is 74.2 Å². The van der Waals surface area contributed by atoms with Crippen LogP contribution in [0.4, 0.5) is 0 Å². The zero-order valence-corrected chi connectivity index (χ0v) is 19.5. The van der Waals surface area contributed by atoms with Gasteiger partial charge in [-0.25, -0.2) is 13.1 Å². The third-order valence-electron chi connectivity index (χ3n) is 6.27. The molecule has 2 N–H and O–H groups in total. The number of aromatic nitrogens is 1. The molecule has 1 fully saturated rings. The number of hydrogen-bond donors (Lipinski definition) is 2. The highest BCUT2D eigenvalue weighted by molar-refractivity contribution is 7.89. The highest BCUT2D eigenvalue weighted by Gasteiger charge is 2.23. The lowest BCUT2D eigenvalue weighted by Crippen LogP contribution is -2.39. The van der Waals surface area contributed by atoms with E-state index >= 15 is 0 Å². The van der Waals surface area contributed by atoms with Crippen molar-refractivity contribution in [1.29, 1.82) is 0 Å². The van der Waals surface area contributed by atoms with E-state index in [4.69, 9.17) is 4.74 Å². The number of benzene rings is 2. The highest BCUT2D eigenvalue weighted by Crippen LogP contribution is 2.32. The zero-order valence-electron chi connectivity index (χ0n) is 18.7. The molecular weight excluding hydrogens is 422 g/mol. The average molecular weight is 456 g/mol. The number of rotatable bonds is 10. The fourth-order valence-corrected chi connectivity index (χ4v) is 5.39. The molecule has 0 aliphatic carbocycles. The molecule has 1 aliphatic rings. The molecule has 1 aliphatic heterocycles. The van der Waals surface area contributed by atoms with E-state index in [1.165, 1.54) is 16.5 Å². The van der Waals surface area contributed by atoms with Crippen molar-refractivity contribution in [1.82, 2.24) is 14.6 Å². The molecule has 0 atom stereocenters. The van der Waals surface area contributed by atoms with Crippen molar-refractivity contribution < 1.29 is 13.2 Å². The van der Waals surface area contributed by atoms with Crippen molar-refractivity contribution in [3.8, 4) is 5.75 Å². The minimum atomic E-state index is -3.51.